The summed E-state index contributed by atoms with van der Waals surface area (Å²) in [5, 5.41) is 2.87. The lowest BCUT2D eigenvalue weighted by Gasteiger charge is -2.32. The molecule has 2 aliphatic rings. The van der Waals surface area contributed by atoms with Gasteiger partial charge < -0.3 is 4.74 Å². The maximum atomic E-state index is 13.1. The largest absolute Gasteiger partial charge is 0.497 e. The number of methoxy groups -OCH3 is 1. The van der Waals surface area contributed by atoms with Crippen LogP contribution in [-0.2, 0) is 6.42 Å². The molecule has 0 spiro atoms. The Bertz CT molecular complexity index is 508. The average Bonchev–Trinajstić information content (AvgIpc) is 3.19. The second-order valence-electron chi connectivity index (χ2n) is 5.73. The molecule has 0 bridgehead atoms. The van der Waals surface area contributed by atoms with Crippen LogP contribution in [0.25, 0.3) is 0 Å². The number of rotatable bonds is 3. The minimum Gasteiger partial charge on any atom is -0.497 e. The summed E-state index contributed by atoms with van der Waals surface area (Å²) in [6, 6.07) is 5.47. The first-order valence-electron chi connectivity index (χ1n) is 6.96. The molecular formula is C15H18F3NO. The van der Waals surface area contributed by atoms with E-state index < -0.39 is 11.7 Å². The Balaban J connectivity index is 1.84. The SMILES string of the molecule is COc1ccc2c(c1)CCCC2NC1(C(F)(F)F)CC1. The summed E-state index contributed by atoms with van der Waals surface area (Å²) >= 11 is 0. The maximum absolute atomic E-state index is 13.1. The summed E-state index contributed by atoms with van der Waals surface area (Å²) < 4.78 is 44.4. The predicted octanol–water partition coefficient (Wildman–Crippen LogP) is 3.76. The van der Waals surface area contributed by atoms with Gasteiger partial charge in [-0.15, -0.1) is 0 Å². The molecule has 1 fully saturated rings. The van der Waals surface area contributed by atoms with Crippen LogP contribution in [0.5, 0.6) is 5.75 Å². The van der Waals surface area contributed by atoms with Crippen molar-refractivity contribution in [1.82, 2.24) is 5.32 Å². The van der Waals surface area contributed by atoms with Crippen molar-refractivity contribution < 1.29 is 17.9 Å². The van der Waals surface area contributed by atoms with Crippen LogP contribution in [0.4, 0.5) is 13.2 Å². The molecule has 0 radical (unpaired) electrons. The molecule has 0 amide bonds. The van der Waals surface area contributed by atoms with Gasteiger partial charge in [0.2, 0.25) is 0 Å². The third kappa shape index (κ3) is 2.28. The van der Waals surface area contributed by atoms with Crippen LogP contribution in [0.2, 0.25) is 0 Å². The molecule has 2 aliphatic carbocycles. The highest BCUT2D eigenvalue weighted by atomic mass is 19.4. The first kappa shape index (κ1) is 13.7. The van der Waals surface area contributed by atoms with Crippen molar-refractivity contribution in [3.8, 4) is 5.75 Å². The van der Waals surface area contributed by atoms with Crippen LogP contribution in [-0.4, -0.2) is 18.8 Å². The van der Waals surface area contributed by atoms with Crippen molar-refractivity contribution in [3.63, 3.8) is 0 Å². The van der Waals surface area contributed by atoms with E-state index >= 15 is 0 Å². The number of ether oxygens (including phenoxy) is 1. The maximum Gasteiger partial charge on any atom is 0.406 e. The van der Waals surface area contributed by atoms with Crippen molar-refractivity contribution in [2.24, 2.45) is 0 Å². The van der Waals surface area contributed by atoms with Gasteiger partial charge in [0.25, 0.3) is 0 Å². The summed E-state index contributed by atoms with van der Waals surface area (Å²) in [6.45, 7) is 0. The van der Waals surface area contributed by atoms with E-state index in [2.05, 4.69) is 5.32 Å². The van der Waals surface area contributed by atoms with E-state index in [-0.39, 0.29) is 18.9 Å². The normalized spacial score (nSPS) is 24.1. The van der Waals surface area contributed by atoms with Crippen molar-refractivity contribution in [2.45, 2.75) is 49.9 Å². The molecule has 0 heterocycles. The summed E-state index contributed by atoms with van der Waals surface area (Å²) in [5.41, 5.74) is 0.449. The monoisotopic (exact) mass is 285 g/mol. The lowest BCUT2D eigenvalue weighted by Crippen LogP contribution is -2.47. The average molecular weight is 285 g/mol. The van der Waals surface area contributed by atoms with Gasteiger partial charge in [0, 0.05) is 6.04 Å². The molecule has 1 unspecified atom stereocenters. The summed E-state index contributed by atoms with van der Waals surface area (Å²) in [5.74, 6) is 0.765. The molecule has 0 saturated heterocycles. The Labute approximate surface area is 116 Å². The highest BCUT2D eigenvalue weighted by molar-refractivity contribution is 5.39. The Morgan fingerprint density at radius 3 is 2.65 bits per heavy atom. The van der Waals surface area contributed by atoms with Crippen molar-refractivity contribution in [2.75, 3.05) is 7.11 Å². The number of fused-ring (bicyclic) bond motifs is 1. The van der Waals surface area contributed by atoms with Gasteiger partial charge in [0.05, 0.1) is 7.11 Å². The molecule has 1 atom stereocenters. The third-order valence-electron chi connectivity index (χ3n) is 4.41. The van der Waals surface area contributed by atoms with Gasteiger partial charge >= 0.3 is 6.18 Å². The fourth-order valence-electron chi connectivity index (χ4n) is 3.04. The minimum atomic E-state index is -4.16. The van der Waals surface area contributed by atoms with Gasteiger partial charge in [-0.2, -0.15) is 13.2 Å². The van der Waals surface area contributed by atoms with Crippen molar-refractivity contribution in [1.29, 1.82) is 0 Å². The Morgan fingerprint density at radius 2 is 2.05 bits per heavy atom. The molecule has 0 aromatic heterocycles. The molecule has 20 heavy (non-hydrogen) atoms. The molecule has 1 N–H and O–H groups in total. The Kier molecular flexibility index (Phi) is 3.20. The third-order valence-corrected chi connectivity index (χ3v) is 4.41. The molecule has 0 aliphatic heterocycles. The number of hydrogen-bond acceptors (Lipinski definition) is 2. The van der Waals surface area contributed by atoms with Crippen LogP contribution in [0.15, 0.2) is 18.2 Å². The number of hydrogen-bond donors (Lipinski definition) is 1. The fourth-order valence-corrected chi connectivity index (χ4v) is 3.04. The standard InChI is InChI=1S/C15H18F3NO/c1-20-11-5-6-12-10(9-11)3-2-4-13(12)19-14(7-8-14)15(16,17)18/h5-6,9,13,19H,2-4,7-8H2,1H3. The molecule has 1 saturated carbocycles. The number of benzene rings is 1. The van der Waals surface area contributed by atoms with Gasteiger partial charge in [-0.3, -0.25) is 5.32 Å². The van der Waals surface area contributed by atoms with Crippen molar-refractivity contribution in [3.05, 3.63) is 29.3 Å². The topological polar surface area (TPSA) is 21.3 Å². The zero-order chi connectivity index (χ0) is 14.4. The van der Waals surface area contributed by atoms with Gasteiger partial charge in [-0.1, -0.05) is 6.07 Å². The second-order valence-corrected chi connectivity index (χ2v) is 5.73. The fraction of sp³-hybridized carbons (Fsp3) is 0.600. The van der Waals surface area contributed by atoms with Gasteiger partial charge in [-0.25, -0.2) is 0 Å². The predicted molar refractivity (Wildman–Crippen MR) is 69.8 cm³/mol. The molecule has 110 valence electrons. The minimum absolute atomic E-state index is 0.193. The molecular weight excluding hydrogens is 267 g/mol. The van der Waals surface area contributed by atoms with Gasteiger partial charge in [0.1, 0.15) is 11.3 Å². The van der Waals surface area contributed by atoms with E-state index in [4.69, 9.17) is 4.74 Å². The highest BCUT2D eigenvalue weighted by Crippen LogP contribution is 2.51. The van der Waals surface area contributed by atoms with Crippen LogP contribution in [0.3, 0.4) is 0 Å². The highest BCUT2D eigenvalue weighted by Gasteiger charge is 2.63. The van der Waals surface area contributed by atoms with E-state index in [9.17, 15) is 13.2 Å². The van der Waals surface area contributed by atoms with Crippen LogP contribution >= 0.6 is 0 Å². The lowest BCUT2D eigenvalue weighted by atomic mass is 9.87. The van der Waals surface area contributed by atoms with Crippen LogP contribution in [0, 0.1) is 0 Å². The van der Waals surface area contributed by atoms with Crippen molar-refractivity contribution >= 4 is 0 Å². The number of nitrogens with one attached hydrogen (secondary N) is 1. The van der Waals surface area contributed by atoms with E-state index in [1.807, 2.05) is 18.2 Å². The van der Waals surface area contributed by atoms with E-state index in [0.29, 0.717) is 0 Å². The zero-order valence-electron chi connectivity index (χ0n) is 11.4. The summed E-state index contributed by atoms with van der Waals surface area (Å²) in [6.07, 6.45) is -1.19. The molecule has 1 aromatic rings. The number of aryl methyl sites for hydroxylation is 1. The van der Waals surface area contributed by atoms with Gasteiger partial charge in [0.15, 0.2) is 0 Å². The zero-order valence-corrected chi connectivity index (χ0v) is 11.4. The van der Waals surface area contributed by atoms with E-state index in [1.165, 1.54) is 0 Å². The van der Waals surface area contributed by atoms with E-state index in [1.54, 1.807) is 7.11 Å². The molecule has 3 rings (SSSR count). The van der Waals surface area contributed by atoms with Crippen LogP contribution < -0.4 is 10.1 Å². The molecule has 1 aromatic carbocycles. The first-order valence-corrected chi connectivity index (χ1v) is 6.96. The van der Waals surface area contributed by atoms with Crippen LogP contribution in [0.1, 0.15) is 42.9 Å². The number of halogens is 3. The lowest BCUT2D eigenvalue weighted by molar-refractivity contribution is -0.168. The molecule has 5 heteroatoms. The quantitative estimate of drug-likeness (QED) is 0.913. The molecule has 2 nitrogen and oxygen atoms in total. The summed E-state index contributed by atoms with van der Waals surface area (Å²) in [4.78, 5) is 0. The number of alkyl halides is 3. The van der Waals surface area contributed by atoms with E-state index in [0.717, 1.165) is 36.1 Å². The summed E-state index contributed by atoms with van der Waals surface area (Å²) in [7, 11) is 1.60. The first-order chi connectivity index (χ1) is 9.45. The second kappa shape index (κ2) is 4.65. The Morgan fingerprint density at radius 1 is 1.30 bits per heavy atom. The van der Waals surface area contributed by atoms with Gasteiger partial charge in [-0.05, 0) is 55.4 Å². The Hall–Kier alpha value is -1.23. The smallest absolute Gasteiger partial charge is 0.406 e.